The predicted octanol–water partition coefficient (Wildman–Crippen LogP) is 5.45. The molecular weight excluding hydrogens is 405 g/mol. The molecule has 0 bridgehead atoms. The molecule has 0 saturated heterocycles. The average molecular weight is 431 g/mol. The number of hydrogen-bond donors (Lipinski definition) is 0. The lowest BCUT2D eigenvalue weighted by Crippen LogP contribution is -2.49. The molecule has 160 valence electrons. The van der Waals surface area contributed by atoms with Gasteiger partial charge < -0.3 is 4.18 Å². The lowest BCUT2D eigenvalue weighted by Gasteiger charge is -2.56. The van der Waals surface area contributed by atoms with Gasteiger partial charge in [-0.05, 0) is 78.8 Å². The minimum Gasteiger partial charge on any atom is -0.381 e. The summed E-state index contributed by atoms with van der Waals surface area (Å²) in [4.78, 5) is 0. The molecule has 0 aromatic rings. The van der Waals surface area contributed by atoms with Gasteiger partial charge in [0.05, 0.1) is 12.0 Å². The smallest absolute Gasteiger partial charge is 0.381 e. The number of allylic oxidation sites excluding steroid dienone is 4. The predicted molar refractivity (Wildman–Crippen MR) is 100 cm³/mol. The van der Waals surface area contributed by atoms with Crippen LogP contribution in [0.1, 0.15) is 58.8 Å². The summed E-state index contributed by atoms with van der Waals surface area (Å²) in [5.41, 5.74) is -4.66. The van der Waals surface area contributed by atoms with Crippen molar-refractivity contribution in [3.63, 3.8) is 0 Å². The third-order valence-electron chi connectivity index (χ3n) is 8.39. The van der Waals surface area contributed by atoms with E-state index in [1.165, 1.54) is 6.08 Å². The highest BCUT2D eigenvalue weighted by Gasteiger charge is 2.58. The monoisotopic (exact) mass is 431 g/mol. The highest BCUT2D eigenvalue weighted by Crippen LogP contribution is 2.65. The number of rotatable bonds is 2. The van der Waals surface area contributed by atoms with Gasteiger partial charge in [-0.3, -0.25) is 0 Å². The number of fused-ring (bicyclic) bond motifs is 5. The molecule has 0 radical (unpaired) electrons. The van der Waals surface area contributed by atoms with Crippen molar-refractivity contribution in [2.75, 3.05) is 0 Å². The Bertz CT molecular complexity index is 916. The number of nitriles is 1. The summed E-state index contributed by atoms with van der Waals surface area (Å²) in [7, 11) is -5.63. The molecule has 4 nitrogen and oxygen atoms in total. The van der Waals surface area contributed by atoms with Crippen molar-refractivity contribution in [1.29, 1.82) is 5.26 Å². The summed E-state index contributed by atoms with van der Waals surface area (Å²) < 4.78 is 65.2. The average Bonchev–Trinajstić information content (AvgIpc) is 2.97. The van der Waals surface area contributed by atoms with Crippen molar-refractivity contribution in [2.45, 2.75) is 64.3 Å². The van der Waals surface area contributed by atoms with Crippen LogP contribution in [0, 0.1) is 45.8 Å². The Morgan fingerprint density at radius 3 is 2.59 bits per heavy atom. The fraction of sp³-hybridized carbons (Fsp3) is 0.762. The van der Waals surface area contributed by atoms with Crippen LogP contribution in [0.25, 0.3) is 0 Å². The second-order valence-electron chi connectivity index (χ2n) is 9.59. The van der Waals surface area contributed by atoms with E-state index < -0.39 is 15.6 Å². The van der Waals surface area contributed by atoms with Gasteiger partial charge in [0.25, 0.3) is 0 Å². The number of nitrogens with zero attached hydrogens (tertiary/aromatic N) is 1. The van der Waals surface area contributed by atoms with Gasteiger partial charge in [0.15, 0.2) is 0 Å². The van der Waals surface area contributed by atoms with Crippen LogP contribution in [0.15, 0.2) is 23.5 Å². The number of hydrogen-bond acceptors (Lipinski definition) is 4. The summed E-state index contributed by atoms with van der Waals surface area (Å²) in [6.45, 7) is 4.41. The standard InChI is InChI=1S/C21H26F3NO3S/c1-19-9-7-15(28-29(26,27)21(22,23)24)11-13(19)3-5-16-17-6-4-14(12-25)20(17,2)10-8-18(16)19/h3,11,14,16-18H,4-10H2,1-2H3/t14-,16+,17+,18+,19+,20-/m1/s1/i11+2. The summed E-state index contributed by atoms with van der Waals surface area (Å²) in [6, 6.07) is 2.51. The first-order chi connectivity index (χ1) is 13.4. The molecule has 0 heterocycles. The first-order valence-corrected chi connectivity index (χ1v) is 11.6. The maximum atomic E-state index is 12.7. The summed E-state index contributed by atoms with van der Waals surface area (Å²) in [5, 5.41) is 9.57. The molecule has 2 fully saturated rings. The Balaban J connectivity index is 1.61. The molecule has 2 saturated carbocycles. The zero-order valence-corrected chi connectivity index (χ0v) is 17.4. The zero-order chi connectivity index (χ0) is 21.2. The van der Waals surface area contributed by atoms with Crippen molar-refractivity contribution in [1.82, 2.24) is 0 Å². The highest BCUT2D eigenvalue weighted by molar-refractivity contribution is 7.87. The van der Waals surface area contributed by atoms with Crippen LogP contribution in [-0.4, -0.2) is 13.9 Å². The first-order valence-electron chi connectivity index (χ1n) is 10.2. The Kier molecular flexibility index (Phi) is 4.66. The minimum atomic E-state index is -5.63. The van der Waals surface area contributed by atoms with Crippen molar-refractivity contribution in [3.8, 4) is 6.07 Å². The summed E-state index contributed by atoms with van der Waals surface area (Å²) >= 11 is 0. The van der Waals surface area contributed by atoms with Crippen LogP contribution in [0.5, 0.6) is 0 Å². The quantitative estimate of drug-likeness (QED) is 0.431. The molecule has 0 unspecified atom stereocenters. The number of alkyl halides is 3. The SMILES string of the molecule is C[C@]12CC[C@H]3[C@@H](CC=C4[14CH]=C(OS(=O)(=O)C(F)(F)F)CC[C@@]43C)[C@@H]1CC[C@@H]2C#N. The van der Waals surface area contributed by atoms with Crippen LogP contribution in [0.2, 0.25) is 0 Å². The number of halogens is 3. The first kappa shape index (κ1) is 20.8. The van der Waals surface area contributed by atoms with Gasteiger partial charge >= 0.3 is 15.6 Å². The molecule has 8 heteroatoms. The second-order valence-corrected chi connectivity index (χ2v) is 11.1. The largest absolute Gasteiger partial charge is 0.534 e. The zero-order valence-electron chi connectivity index (χ0n) is 16.6. The van der Waals surface area contributed by atoms with Crippen LogP contribution in [0.3, 0.4) is 0 Å². The second kappa shape index (κ2) is 6.50. The van der Waals surface area contributed by atoms with Gasteiger partial charge in [-0.25, -0.2) is 0 Å². The molecule has 4 aliphatic carbocycles. The summed E-state index contributed by atoms with van der Waals surface area (Å²) in [5.74, 6) is 1.33. The van der Waals surface area contributed by atoms with E-state index in [9.17, 15) is 26.9 Å². The molecule has 0 aromatic heterocycles. The van der Waals surface area contributed by atoms with E-state index in [0.717, 1.165) is 37.7 Å². The molecule has 6 atom stereocenters. The van der Waals surface area contributed by atoms with Gasteiger partial charge in [0.1, 0.15) is 5.76 Å². The molecule has 0 amide bonds. The fourth-order valence-electron chi connectivity index (χ4n) is 6.77. The van der Waals surface area contributed by atoms with Crippen molar-refractivity contribution >= 4 is 10.1 Å². The van der Waals surface area contributed by atoms with E-state index in [2.05, 4.69) is 30.2 Å². The van der Waals surface area contributed by atoms with E-state index in [-0.39, 0.29) is 28.9 Å². The van der Waals surface area contributed by atoms with Crippen molar-refractivity contribution in [3.05, 3.63) is 23.5 Å². The molecule has 29 heavy (non-hydrogen) atoms. The van der Waals surface area contributed by atoms with E-state index in [4.69, 9.17) is 0 Å². The Hall–Kier alpha value is -1.49. The molecule has 4 aliphatic rings. The lowest BCUT2D eigenvalue weighted by atomic mass is 9.49. The molecular formula is C21H26F3NO3S. The van der Waals surface area contributed by atoms with Crippen LogP contribution in [-0.2, 0) is 14.3 Å². The van der Waals surface area contributed by atoms with Gasteiger partial charge in [0.2, 0.25) is 0 Å². The molecule has 0 aromatic carbocycles. The summed E-state index contributed by atoms with van der Waals surface area (Å²) in [6.07, 6.45) is 9.15. The minimum absolute atomic E-state index is 0.0528. The third-order valence-corrected chi connectivity index (χ3v) is 9.39. The Morgan fingerprint density at radius 2 is 1.93 bits per heavy atom. The maximum absolute atomic E-state index is 12.7. The van der Waals surface area contributed by atoms with Crippen molar-refractivity contribution in [2.24, 2.45) is 34.5 Å². The normalized spacial score (nSPS) is 41.9. The van der Waals surface area contributed by atoms with Gasteiger partial charge in [-0.15, -0.1) is 0 Å². The van der Waals surface area contributed by atoms with Gasteiger partial charge in [-0.1, -0.05) is 19.9 Å². The highest BCUT2D eigenvalue weighted by atomic mass is 32.2. The lowest BCUT2D eigenvalue weighted by molar-refractivity contribution is -0.0529. The molecule has 0 spiro atoms. The van der Waals surface area contributed by atoms with Gasteiger partial charge in [-0.2, -0.15) is 26.9 Å². The third kappa shape index (κ3) is 3.03. The van der Waals surface area contributed by atoms with E-state index in [1.807, 2.05) is 0 Å². The maximum Gasteiger partial charge on any atom is 0.534 e. The van der Waals surface area contributed by atoms with Crippen LogP contribution in [0.4, 0.5) is 13.2 Å². The van der Waals surface area contributed by atoms with Crippen LogP contribution >= 0.6 is 0 Å². The van der Waals surface area contributed by atoms with E-state index in [1.54, 1.807) is 0 Å². The van der Waals surface area contributed by atoms with Crippen molar-refractivity contribution < 1.29 is 25.8 Å². The molecule has 0 N–H and O–H groups in total. The van der Waals surface area contributed by atoms with E-state index >= 15 is 0 Å². The topological polar surface area (TPSA) is 67.2 Å². The fourth-order valence-corrected chi connectivity index (χ4v) is 7.27. The molecule has 4 rings (SSSR count). The Morgan fingerprint density at radius 1 is 1.21 bits per heavy atom. The van der Waals surface area contributed by atoms with E-state index in [0.29, 0.717) is 24.2 Å². The van der Waals surface area contributed by atoms with Gasteiger partial charge in [0, 0.05) is 6.42 Å². The molecule has 0 aliphatic heterocycles. The van der Waals surface area contributed by atoms with Crippen LogP contribution < -0.4 is 0 Å². The Labute approximate surface area is 169 Å².